The Hall–Kier alpha value is -3.15. The van der Waals surface area contributed by atoms with Crippen LogP contribution in [0.5, 0.6) is 11.5 Å². The van der Waals surface area contributed by atoms with Crippen LogP contribution in [0.2, 0.25) is 0 Å². The highest BCUT2D eigenvalue weighted by Crippen LogP contribution is 2.37. The van der Waals surface area contributed by atoms with Crippen LogP contribution in [0.4, 0.5) is 5.82 Å². The van der Waals surface area contributed by atoms with Gasteiger partial charge < -0.3 is 9.47 Å². The lowest BCUT2D eigenvalue weighted by molar-refractivity contribution is -0.124. The number of hydrogen-bond donors (Lipinski definition) is 0. The maximum atomic E-state index is 12.4. The minimum absolute atomic E-state index is 0.0232. The van der Waals surface area contributed by atoms with Crippen LogP contribution in [0.25, 0.3) is 10.9 Å². The lowest BCUT2D eigenvalue weighted by Gasteiger charge is -2.17. The fraction of sp³-hybridized carbons (Fsp3) is 0.118. The van der Waals surface area contributed by atoms with Crippen molar-refractivity contribution in [2.75, 3.05) is 6.79 Å². The Labute approximate surface area is 131 Å². The summed E-state index contributed by atoms with van der Waals surface area (Å²) in [6.07, 6.45) is 7.46. The molecule has 0 saturated heterocycles. The Morgan fingerprint density at radius 1 is 1.09 bits per heavy atom. The van der Waals surface area contributed by atoms with Crippen molar-refractivity contribution in [1.82, 2.24) is 9.88 Å². The highest BCUT2D eigenvalue weighted by Gasteiger charge is 2.24. The number of carbonyl (C=O) groups is 1. The number of fused-ring (bicyclic) bond motifs is 4. The van der Waals surface area contributed by atoms with Crippen molar-refractivity contribution in [3.8, 4) is 11.5 Å². The molecule has 0 bridgehead atoms. The average molecular weight is 305 g/mol. The maximum absolute atomic E-state index is 12.4. The number of pyridine rings is 1. The lowest BCUT2D eigenvalue weighted by Crippen LogP contribution is -2.32. The first kappa shape index (κ1) is 12.4. The largest absolute Gasteiger partial charge is 0.454 e. The van der Waals surface area contributed by atoms with Gasteiger partial charge in [-0.15, -0.1) is 0 Å². The molecule has 0 atom stereocenters. The van der Waals surface area contributed by atoms with Crippen LogP contribution in [0, 0.1) is 0 Å². The molecule has 0 fully saturated rings. The SMILES string of the molecule is O=C1Cc2cc3cc4c(cc3nc2N=C2C=CC=CN12)OCO4. The van der Waals surface area contributed by atoms with Crippen LogP contribution < -0.4 is 9.47 Å². The minimum Gasteiger partial charge on any atom is -0.454 e. The Morgan fingerprint density at radius 3 is 2.87 bits per heavy atom. The Bertz CT molecular complexity index is 959. The van der Waals surface area contributed by atoms with Crippen LogP contribution in [0.1, 0.15) is 5.56 Å². The molecule has 6 nitrogen and oxygen atoms in total. The van der Waals surface area contributed by atoms with Gasteiger partial charge in [0.25, 0.3) is 0 Å². The zero-order valence-electron chi connectivity index (χ0n) is 12.0. The topological polar surface area (TPSA) is 64.0 Å². The maximum Gasteiger partial charge on any atom is 0.236 e. The van der Waals surface area contributed by atoms with E-state index >= 15 is 0 Å². The predicted molar refractivity (Wildman–Crippen MR) is 83.8 cm³/mol. The van der Waals surface area contributed by atoms with Crippen molar-refractivity contribution in [3.05, 3.63) is 48.2 Å². The fourth-order valence-electron chi connectivity index (χ4n) is 2.92. The summed E-state index contributed by atoms with van der Waals surface area (Å²) in [5.41, 5.74) is 1.58. The third-order valence-electron chi connectivity index (χ3n) is 4.03. The first-order chi connectivity index (χ1) is 11.3. The van der Waals surface area contributed by atoms with Gasteiger partial charge in [0.15, 0.2) is 17.3 Å². The second-order valence-electron chi connectivity index (χ2n) is 5.48. The number of amides is 1. The number of aromatic nitrogens is 1. The second-order valence-corrected chi connectivity index (χ2v) is 5.48. The summed E-state index contributed by atoms with van der Waals surface area (Å²) >= 11 is 0. The van der Waals surface area contributed by atoms with Crippen LogP contribution in [0.3, 0.4) is 0 Å². The predicted octanol–water partition coefficient (Wildman–Crippen LogP) is 2.46. The third-order valence-corrected chi connectivity index (χ3v) is 4.03. The molecule has 0 saturated carbocycles. The van der Waals surface area contributed by atoms with Gasteiger partial charge in [-0.3, -0.25) is 9.69 Å². The fourth-order valence-corrected chi connectivity index (χ4v) is 2.92. The summed E-state index contributed by atoms with van der Waals surface area (Å²) in [6, 6.07) is 5.69. The summed E-state index contributed by atoms with van der Waals surface area (Å²) in [6.45, 7) is 0.220. The van der Waals surface area contributed by atoms with E-state index in [4.69, 9.17) is 9.47 Å². The summed E-state index contributed by atoms with van der Waals surface area (Å²) in [5.74, 6) is 2.52. The van der Waals surface area contributed by atoms with E-state index in [1.54, 1.807) is 17.2 Å². The number of allylic oxidation sites excluding steroid dienone is 2. The van der Waals surface area contributed by atoms with Gasteiger partial charge in [0, 0.05) is 23.2 Å². The van der Waals surface area contributed by atoms with E-state index in [1.165, 1.54) is 0 Å². The molecular weight excluding hydrogens is 294 g/mol. The first-order valence-electron chi connectivity index (χ1n) is 7.27. The van der Waals surface area contributed by atoms with Crippen molar-refractivity contribution in [2.45, 2.75) is 6.42 Å². The average Bonchev–Trinajstić information content (AvgIpc) is 2.95. The van der Waals surface area contributed by atoms with Gasteiger partial charge in [0.05, 0.1) is 11.9 Å². The molecule has 23 heavy (non-hydrogen) atoms. The third kappa shape index (κ3) is 1.85. The molecule has 112 valence electrons. The first-order valence-corrected chi connectivity index (χ1v) is 7.27. The van der Waals surface area contributed by atoms with Crippen molar-refractivity contribution >= 4 is 28.5 Å². The van der Waals surface area contributed by atoms with Crippen LogP contribution in [0.15, 0.2) is 47.6 Å². The summed E-state index contributed by atoms with van der Waals surface area (Å²) in [5, 5.41) is 0.909. The molecule has 0 unspecified atom stereocenters. The molecule has 0 N–H and O–H groups in total. The number of aliphatic imine (C=N–C) groups is 1. The van der Waals surface area contributed by atoms with Crippen molar-refractivity contribution in [1.29, 1.82) is 0 Å². The lowest BCUT2D eigenvalue weighted by atomic mass is 10.1. The highest BCUT2D eigenvalue weighted by molar-refractivity contribution is 6.09. The van der Waals surface area contributed by atoms with Gasteiger partial charge in [0.1, 0.15) is 5.84 Å². The number of hydrogen-bond acceptors (Lipinski definition) is 5. The van der Waals surface area contributed by atoms with Gasteiger partial charge in [-0.05, 0) is 24.3 Å². The second kappa shape index (κ2) is 4.42. The number of rotatable bonds is 0. The molecule has 0 radical (unpaired) electrons. The number of benzene rings is 1. The molecular formula is C17H11N3O3. The summed E-state index contributed by atoms with van der Waals surface area (Å²) in [7, 11) is 0. The number of carbonyl (C=O) groups excluding carboxylic acids is 1. The number of nitrogens with zero attached hydrogens (tertiary/aromatic N) is 3. The van der Waals surface area contributed by atoms with E-state index in [0.717, 1.165) is 16.5 Å². The molecule has 3 aliphatic rings. The monoisotopic (exact) mass is 305 g/mol. The van der Waals surface area contributed by atoms with Gasteiger partial charge in [-0.2, -0.15) is 0 Å². The molecule has 1 aromatic heterocycles. The van der Waals surface area contributed by atoms with E-state index in [-0.39, 0.29) is 19.1 Å². The molecule has 0 spiro atoms. The molecule has 4 heterocycles. The van der Waals surface area contributed by atoms with E-state index in [2.05, 4.69) is 9.98 Å². The van der Waals surface area contributed by atoms with Gasteiger partial charge >= 0.3 is 0 Å². The van der Waals surface area contributed by atoms with Gasteiger partial charge in [-0.25, -0.2) is 9.98 Å². The molecule has 1 amide bonds. The number of amidine groups is 1. The molecule has 0 aliphatic carbocycles. The van der Waals surface area contributed by atoms with E-state index in [0.29, 0.717) is 23.2 Å². The van der Waals surface area contributed by atoms with E-state index in [1.807, 2.05) is 30.4 Å². The van der Waals surface area contributed by atoms with Gasteiger partial charge in [-0.1, -0.05) is 6.08 Å². The quantitative estimate of drug-likeness (QED) is 0.750. The molecule has 5 rings (SSSR count). The standard InChI is InChI=1S/C17H11N3O3/c21-16-7-11-5-10-6-13-14(23-9-22-13)8-12(10)18-17(11)19-15-3-1-2-4-20(15)16/h1-6,8H,7,9H2. The Morgan fingerprint density at radius 2 is 1.96 bits per heavy atom. The van der Waals surface area contributed by atoms with Crippen LogP contribution in [-0.4, -0.2) is 28.4 Å². The zero-order chi connectivity index (χ0) is 15.4. The molecule has 3 aliphatic heterocycles. The summed E-state index contributed by atoms with van der Waals surface area (Å²) < 4.78 is 10.8. The van der Waals surface area contributed by atoms with E-state index in [9.17, 15) is 4.79 Å². The van der Waals surface area contributed by atoms with Gasteiger partial charge in [0.2, 0.25) is 12.7 Å². The minimum atomic E-state index is -0.0232. The van der Waals surface area contributed by atoms with Crippen molar-refractivity contribution in [2.24, 2.45) is 4.99 Å². The van der Waals surface area contributed by atoms with Crippen molar-refractivity contribution < 1.29 is 14.3 Å². The summed E-state index contributed by atoms with van der Waals surface area (Å²) in [4.78, 5) is 23.2. The van der Waals surface area contributed by atoms with Crippen molar-refractivity contribution in [3.63, 3.8) is 0 Å². The smallest absolute Gasteiger partial charge is 0.236 e. The Balaban J connectivity index is 1.73. The normalized spacial score (nSPS) is 17.8. The number of ether oxygens (including phenoxy) is 2. The molecule has 6 heteroatoms. The van der Waals surface area contributed by atoms with Crippen LogP contribution in [-0.2, 0) is 11.2 Å². The zero-order valence-corrected chi connectivity index (χ0v) is 12.0. The Kier molecular flexibility index (Phi) is 2.38. The van der Waals surface area contributed by atoms with E-state index < -0.39 is 0 Å². The molecule has 1 aromatic carbocycles. The van der Waals surface area contributed by atoms with Crippen LogP contribution >= 0.6 is 0 Å². The molecule has 2 aromatic rings. The highest BCUT2D eigenvalue weighted by atomic mass is 16.7.